The number of halogens is 1. The highest BCUT2D eigenvalue weighted by Crippen LogP contribution is 2.20. The molecule has 0 fully saturated rings. The molecule has 0 bridgehead atoms. The molecule has 1 unspecified atom stereocenters. The van der Waals surface area contributed by atoms with Gasteiger partial charge in [-0.2, -0.15) is 0 Å². The first kappa shape index (κ1) is 14.6. The molecular formula is C17H15ClN2O2. The average molecular weight is 315 g/mol. The van der Waals surface area contributed by atoms with Crippen molar-refractivity contribution >= 4 is 28.5 Å². The summed E-state index contributed by atoms with van der Waals surface area (Å²) in [5.41, 5.74) is 2.30. The predicted octanol–water partition coefficient (Wildman–Crippen LogP) is 3.90. The SMILES string of the molecule is CC(NC(=O)Cc1noc2ccccc12)c1cccc(Cl)c1. The van der Waals surface area contributed by atoms with Gasteiger partial charge >= 0.3 is 0 Å². The molecule has 1 aromatic heterocycles. The number of aromatic nitrogens is 1. The number of carbonyl (C=O) groups is 1. The molecular weight excluding hydrogens is 300 g/mol. The van der Waals surface area contributed by atoms with Gasteiger partial charge in [-0.3, -0.25) is 4.79 Å². The second-order valence-electron chi connectivity index (χ2n) is 5.15. The Labute approximate surface area is 133 Å². The fourth-order valence-electron chi connectivity index (χ4n) is 2.37. The Morgan fingerprint density at radius 1 is 1.27 bits per heavy atom. The molecule has 5 heteroatoms. The number of hydrogen-bond donors (Lipinski definition) is 1. The van der Waals surface area contributed by atoms with Crippen molar-refractivity contribution in [2.24, 2.45) is 0 Å². The Morgan fingerprint density at radius 3 is 2.91 bits per heavy atom. The zero-order chi connectivity index (χ0) is 15.5. The number of nitrogens with zero attached hydrogens (tertiary/aromatic N) is 1. The largest absolute Gasteiger partial charge is 0.356 e. The van der Waals surface area contributed by atoms with Crippen molar-refractivity contribution in [3.8, 4) is 0 Å². The van der Waals surface area contributed by atoms with E-state index in [-0.39, 0.29) is 18.4 Å². The van der Waals surface area contributed by atoms with Gasteiger partial charge in [-0.05, 0) is 36.8 Å². The monoisotopic (exact) mass is 314 g/mol. The lowest BCUT2D eigenvalue weighted by Gasteiger charge is -2.14. The van der Waals surface area contributed by atoms with E-state index in [4.69, 9.17) is 16.1 Å². The van der Waals surface area contributed by atoms with E-state index in [9.17, 15) is 4.79 Å². The number of para-hydroxylation sites is 1. The molecule has 3 rings (SSSR count). The molecule has 0 aliphatic rings. The summed E-state index contributed by atoms with van der Waals surface area (Å²) < 4.78 is 5.21. The number of carbonyl (C=O) groups excluding carboxylic acids is 1. The van der Waals surface area contributed by atoms with Gasteiger partial charge in [-0.25, -0.2) is 0 Å². The highest BCUT2D eigenvalue weighted by molar-refractivity contribution is 6.30. The zero-order valence-corrected chi connectivity index (χ0v) is 12.8. The molecule has 0 radical (unpaired) electrons. The molecule has 0 spiro atoms. The highest BCUT2D eigenvalue weighted by atomic mass is 35.5. The molecule has 1 amide bonds. The van der Waals surface area contributed by atoms with Crippen LogP contribution in [0.5, 0.6) is 0 Å². The van der Waals surface area contributed by atoms with Gasteiger partial charge in [0.15, 0.2) is 5.58 Å². The van der Waals surface area contributed by atoms with Gasteiger partial charge in [0.1, 0.15) is 5.69 Å². The summed E-state index contributed by atoms with van der Waals surface area (Å²) in [5.74, 6) is -0.105. The molecule has 112 valence electrons. The summed E-state index contributed by atoms with van der Waals surface area (Å²) in [6, 6.07) is 14.8. The number of amides is 1. The molecule has 4 nitrogen and oxygen atoms in total. The third-order valence-corrected chi connectivity index (χ3v) is 3.74. The van der Waals surface area contributed by atoms with Gasteiger partial charge in [0.25, 0.3) is 0 Å². The Balaban J connectivity index is 1.70. The molecule has 0 saturated carbocycles. The summed E-state index contributed by atoms with van der Waals surface area (Å²) in [7, 11) is 0. The van der Waals surface area contributed by atoms with E-state index in [0.717, 1.165) is 10.9 Å². The summed E-state index contributed by atoms with van der Waals surface area (Å²) in [6.07, 6.45) is 0.182. The third kappa shape index (κ3) is 3.12. The molecule has 3 aromatic rings. The maximum atomic E-state index is 12.2. The second-order valence-corrected chi connectivity index (χ2v) is 5.58. The van der Waals surface area contributed by atoms with Crippen LogP contribution in [0.1, 0.15) is 24.2 Å². The summed E-state index contributed by atoms with van der Waals surface area (Å²) in [6.45, 7) is 1.92. The maximum absolute atomic E-state index is 12.2. The van der Waals surface area contributed by atoms with E-state index in [1.54, 1.807) is 6.07 Å². The van der Waals surface area contributed by atoms with E-state index in [2.05, 4.69) is 10.5 Å². The standard InChI is InChI=1S/C17H15ClN2O2/c1-11(12-5-4-6-13(18)9-12)19-17(21)10-15-14-7-2-3-8-16(14)22-20-15/h2-9,11H,10H2,1H3,(H,19,21). The number of benzene rings is 2. The van der Waals surface area contributed by atoms with Crippen molar-refractivity contribution in [2.45, 2.75) is 19.4 Å². The lowest BCUT2D eigenvalue weighted by Crippen LogP contribution is -2.28. The average Bonchev–Trinajstić information content (AvgIpc) is 2.90. The first-order valence-corrected chi connectivity index (χ1v) is 7.39. The van der Waals surface area contributed by atoms with Crippen molar-refractivity contribution in [3.05, 3.63) is 64.8 Å². The summed E-state index contributed by atoms with van der Waals surface area (Å²) in [4.78, 5) is 12.2. The summed E-state index contributed by atoms with van der Waals surface area (Å²) >= 11 is 5.97. The fourth-order valence-corrected chi connectivity index (χ4v) is 2.57. The molecule has 1 heterocycles. The van der Waals surface area contributed by atoms with E-state index in [0.29, 0.717) is 16.3 Å². The van der Waals surface area contributed by atoms with E-state index >= 15 is 0 Å². The fraction of sp³-hybridized carbons (Fsp3) is 0.176. The van der Waals surface area contributed by atoms with E-state index in [1.807, 2.05) is 49.4 Å². The molecule has 0 aliphatic heterocycles. The Kier molecular flexibility index (Phi) is 4.11. The molecule has 0 aliphatic carbocycles. The van der Waals surface area contributed by atoms with Crippen LogP contribution >= 0.6 is 11.6 Å². The summed E-state index contributed by atoms with van der Waals surface area (Å²) in [5, 5.41) is 8.44. The minimum absolute atomic E-state index is 0.105. The van der Waals surface area contributed by atoms with Crippen LogP contribution in [-0.2, 0) is 11.2 Å². The van der Waals surface area contributed by atoms with Crippen molar-refractivity contribution in [2.75, 3.05) is 0 Å². The minimum atomic E-state index is -0.121. The van der Waals surface area contributed by atoms with Crippen molar-refractivity contribution in [1.82, 2.24) is 10.5 Å². The van der Waals surface area contributed by atoms with Gasteiger partial charge in [0.05, 0.1) is 12.5 Å². The van der Waals surface area contributed by atoms with Crippen LogP contribution in [0.25, 0.3) is 11.0 Å². The third-order valence-electron chi connectivity index (χ3n) is 3.51. The van der Waals surface area contributed by atoms with Crippen LogP contribution < -0.4 is 5.32 Å². The maximum Gasteiger partial charge on any atom is 0.226 e. The van der Waals surface area contributed by atoms with Crippen molar-refractivity contribution in [3.63, 3.8) is 0 Å². The Morgan fingerprint density at radius 2 is 2.09 bits per heavy atom. The Bertz CT molecular complexity index is 813. The number of fused-ring (bicyclic) bond motifs is 1. The van der Waals surface area contributed by atoms with Crippen molar-refractivity contribution in [1.29, 1.82) is 0 Å². The highest BCUT2D eigenvalue weighted by Gasteiger charge is 2.14. The normalized spacial score (nSPS) is 12.3. The van der Waals surface area contributed by atoms with Gasteiger partial charge in [0.2, 0.25) is 5.91 Å². The van der Waals surface area contributed by atoms with Gasteiger partial charge < -0.3 is 9.84 Å². The number of hydrogen-bond acceptors (Lipinski definition) is 3. The molecule has 0 saturated heterocycles. The van der Waals surface area contributed by atoms with E-state index < -0.39 is 0 Å². The quantitative estimate of drug-likeness (QED) is 0.794. The predicted molar refractivity (Wildman–Crippen MR) is 85.7 cm³/mol. The van der Waals surface area contributed by atoms with Gasteiger partial charge in [-0.1, -0.05) is 41.0 Å². The van der Waals surface area contributed by atoms with Crippen LogP contribution in [0.4, 0.5) is 0 Å². The second kappa shape index (κ2) is 6.20. The molecule has 2 aromatic carbocycles. The van der Waals surface area contributed by atoms with Crippen LogP contribution in [0.15, 0.2) is 53.1 Å². The smallest absolute Gasteiger partial charge is 0.226 e. The topological polar surface area (TPSA) is 55.1 Å². The van der Waals surface area contributed by atoms with Gasteiger partial charge in [0, 0.05) is 10.4 Å². The van der Waals surface area contributed by atoms with Crippen LogP contribution in [0, 0.1) is 0 Å². The van der Waals surface area contributed by atoms with E-state index in [1.165, 1.54) is 0 Å². The Hall–Kier alpha value is -2.33. The van der Waals surface area contributed by atoms with Crippen LogP contribution in [0.2, 0.25) is 5.02 Å². The lowest BCUT2D eigenvalue weighted by atomic mass is 10.1. The number of rotatable bonds is 4. The zero-order valence-electron chi connectivity index (χ0n) is 12.0. The first-order chi connectivity index (χ1) is 10.6. The van der Waals surface area contributed by atoms with Crippen molar-refractivity contribution < 1.29 is 9.32 Å². The molecule has 22 heavy (non-hydrogen) atoms. The van der Waals surface area contributed by atoms with Crippen LogP contribution in [-0.4, -0.2) is 11.1 Å². The van der Waals surface area contributed by atoms with Gasteiger partial charge in [-0.15, -0.1) is 0 Å². The lowest BCUT2D eigenvalue weighted by molar-refractivity contribution is -0.121. The molecule has 1 atom stereocenters. The number of nitrogens with one attached hydrogen (secondary N) is 1. The first-order valence-electron chi connectivity index (χ1n) is 7.01. The van der Waals surface area contributed by atoms with Crippen LogP contribution in [0.3, 0.4) is 0 Å². The minimum Gasteiger partial charge on any atom is -0.356 e. The molecule has 1 N–H and O–H groups in total.